The highest BCUT2D eigenvalue weighted by Crippen LogP contribution is 2.28. The Kier molecular flexibility index (Phi) is 5.57. The van der Waals surface area contributed by atoms with Gasteiger partial charge in [-0.1, -0.05) is 48.8 Å². The van der Waals surface area contributed by atoms with E-state index in [9.17, 15) is 0 Å². The van der Waals surface area contributed by atoms with E-state index in [1.54, 1.807) is 30.0 Å². The summed E-state index contributed by atoms with van der Waals surface area (Å²) in [6.07, 6.45) is 1.04. The standard InChI is InChI=1S/C13H14Cl2N2O2S/c1-3-8(2)20-13-17-16-12(19-13)7-18-11-5-4-9(14)6-10(11)15/h4-6,8H,3,7H2,1-2H3/t8-/m0/s1. The van der Waals surface area contributed by atoms with Gasteiger partial charge in [0.05, 0.1) is 5.02 Å². The smallest absolute Gasteiger partial charge is 0.276 e. The Hall–Kier alpha value is -0.910. The second-order valence-electron chi connectivity index (χ2n) is 4.16. The Morgan fingerprint density at radius 1 is 1.35 bits per heavy atom. The Morgan fingerprint density at radius 2 is 2.15 bits per heavy atom. The largest absolute Gasteiger partial charge is 0.482 e. The molecule has 0 radical (unpaired) electrons. The van der Waals surface area contributed by atoms with Crippen LogP contribution >= 0.6 is 35.0 Å². The predicted octanol–water partition coefficient (Wildman–Crippen LogP) is 4.85. The lowest BCUT2D eigenvalue weighted by molar-refractivity contribution is 0.252. The molecule has 0 aliphatic heterocycles. The fourth-order valence-electron chi connectivity index (χ4n) is 1.33. The van der Waals surface area contributed by atoms with Gasteiger partial charge < -0.3 is 9.15 Å². The average molecular weight is 333 g/mol. The minimum atomic E-state index is 0.176. The van der Waals surface area contributed by atoms with Gasteiger partial charge in [-0.05, 0) is 24.6 Å². The van der Waals surface area contributed by atoms with Crippen LogP contribution < -0.4 is 4.74 Å². The van der Waals surface area contributed by atoms with E-state index < -0.39 is 0 Å². The molecule has 0 unspecified atom stereocenters. The van der Waals surface area contributed by atoms with Crippen LogP contribution in [0.15, 0.2) is 27.8 Å². The van der Waals surface area contributed by atoms with Gasteiger partial charge in [-0.25, -0.2) is 0 Å². The SMILES string of the molecule is CC[C@H](C)Sc1nnc(COc2ccc(Cl)cc2Cl)o1. The molecule has 1 atom stereocenters. The Labute approximate surface area is 131 Å². The van der Waals surface area contributed by atoms with Crippen LogP contribution in [0.4, 0.5) is 0 Å². The third-order valence-electron chi connectivity index (χ3n) is 2.57. The zero-order valence-corrected chi connectivity index (χ0v) is 13.4. The molecule has 4 nitrogen and oxygen atoms in total. The van der Waals surface area contributed by atoms with Gasteiger partial charge >= 0.3 is 0 Å². The van der Waals surface area contributed by atoms with Crippen LogP contribution in [0.3, 0.4) is 0 Å². The first-order valence-electron chi connectivity index (χ1n) is 6.15. The van der Waals surface area contributed by atoms with Crippen molar-refractivity contribution in [2.75, 3.05) is 0 Å². The van der Waals surface area contributed by atoms with E-state index in [2.05, 4.69) is 24.0 Å². The molecule has 0 aliphatic rings. The van der Waals surface area contributed by atoms with Gasteiger partial charge in [0.2, 0.25) is 0 Å². The van der Waals surface area contributed by atoms with Crippen molar-refractivity contribution in [2.24, 2.45) is 0 Å². The molecule has 1 heterocycles. The number of benzene rings is 1. The Bertz CT molecular complexity index is 577. The maximum absolute atomic E-state index is 6.01. The van der Waals surface area contributed by atoms with Crippen molar-refractivity contribution in [1.29, 1.82) is 0 Å². The molecule has 7 heteroatoms. The van der Waals surface area contributed by atoms with E-state index in [0.29, 0.717) is 32.2 Å². The molecule has 2 aromatic rings. The van der Waals surface area contributed by atoms with Crippen molar-refractivity contribution in [2.45, 2.75) is 37.3 Å². The fraction of sp³-hybridized carbons (Fsp3) is 0.385. The second kappa shape index (κ2) is 7.20. The number of ether oxygens (including phenoxy) is 1. The molecule has 0 aliphatic carbocycles. The van der Waals surface area contributed by atoms with Crippen LogP contribution in [0.1, 0.15) is 26.2 Å². The van der Waals surface area contributed by atoms with E-state index in [-0.39, 0.29) is 6.61 Å². The summed E-state index contributed by atoms with van der Waals surface area (Å²) in [5.74, 6) is 0.951. The minimum absolute atomic E-state index is 0.176. The van der Waals surface area contributed by atoms with E-state index in [4.69, 9.17) is 32.4 Å². The van der Waals surface area contributed by atoms with Crippen molar-refractivity contribution >= 4 is 35.0 Å². The summed E-state index contributed by atoms with van der Waals surface area (Å²) < 4.78 is 11.0. The number of hydrogen-bond acceptors (Lipinski definition) is 5. The van der Waals surface area contributed by atoms with Crippen LogP contribution in [-0.2, 0) is 6.61 Å². The highest BCUT2D eigenvalue weighted by molar-refractivity contribution is 7.99. The highest BCUT2D eigenvalue weighted by atomic mass is 35.5. The summed E-state index contributed by atoms with van der Waals surface area (Å²) in [5, 5.41) is 9.91. The first-order chi connectivity index (χ1) is 9.58. The summed E-state index contributed by atoms with van der Waals surface area (Å²) in [6.45, 7) is 4.40. The number of thioether (sulfide) groups is 1. The zero-order valence-electron chi connectivity index (χ0n) is 11.1. The number of halogens is 2. The van der Waals surface area contributed by atoms with E-state index in [1.165, 1.54) is 0 Å². The maximum Gasteiger partial charge on any atom is 0.276 e. The number of hydrogen-bond donors (Lipinski definition) is 0. The Morgan fingerprint density at radius 3 is 2.85 bits per heavy atom. The minimum Gasteiger partial charge on any atom is -0.482 e. The molecule has 0 saturated heterocycles. The topological polar surface area (TPSA) is 48.2 Å². The lowest BCUT2D eigenvalue weighted by Gasteiger charge is -2.05. The van der Waals surface area contributed by atoms with E-state index in [0.717, 1.165) is 6.42 Å². The highest BCUT2D eigenvalue weighted by Gasteiger charge is 2.11. The lowest BCUT2D eigenvalue weighted by atomic mass is 10.3. The molecule has 108 valence electrons. The van der Waals surface area contributed by atoms with Crippen LogP contribution in [0.25, 0.3) is 0 Å². The van der Waals surface area contributed by atoms with Crippen LogP contribution in [0.5, 0.6) is 5.75 Å². The average Bonchev–Trinajstić information content (AvgIpc) is 2.85. The van der Waals surface area contributed by atoms with Crippen molar-refractivity contribution in [1.82, 2.24) is 10.2 Å². The predicted molar refractivity (Wildman–Crippen MR) is 80.7 cm³/mol. The van der Waals surface area contributed by atoms with Crippen LogP contribution in [0.2, 0.25) is 10.0 Å². The van der Waals surface area contributed by atoms with Crippen molar-refractivity contribution < 1.29 is 9.15 Å². The van der Waals surface area contributed by atoms with Crippen molar-refractivity contribution in [3.8, 4) is 5.75 Å². The summed E-state index contributed by atoms with van der Waals surface area (Å²) >= 11 is 13.4. The summed E-state index contributed by atoms with van der Waals surface area (Å²) in [5.41, 5.74) is 0. The van der Waals surface area contributed by atoms with Gasteiger partial charge in [-0.3, -0.25) is 0 Å². The molecule has 1 aromatic carbocycles. The summed E-state index contributed by atoms with van der Waals surface area (Å²) in [7, 11) is 0. The monoisotopic (exact) mass is 332 g/mol. The van der Waals surface area contributed by atoms with Gasteiger partial charge in [-0.2, -0.15) is 0 Å². The zero-order chi connectivity index (χ0) is 14.5. The van der Waals surface area contributed by atoms with E-state index in [1.807, 2.05) is 0 Å². The van der Waals surface area contributed by atoms with Crippen LogP contribution in [-0.4, -0.2) is 15.4 Å². The number of aromatic nitrogens is 2. The number of nitrogens with zero attached hydrogens (tertiary/aromatic N) is 2. The quantitative estimate of drug-likeness (QED) is 0.708. The van der Waals surface area contributed by atoms with Crippen LogP contribution in [0, 0.1) is 0 Å². The molecular formula is C13H14Cl2N2O2S. The molecule has 0 amide bonds. The van der Waals surface area contributed by atoms with E-state index >= 15 is 0 Å². The van der Waals surface area contributed by atoms with Gasteiger partial charge in [0.15, 0.2) is 6.61 Å². The molecule has 0 bridgehead atoms. The Balaban J connectivity index is 1.94. The normalized spacial score (nSPS) is 12.4. The van der Waals surface area contributed by atoms with Gasteiger partial charge in [0.1, 0.15) is 5.75 Å². The molecule has 0 saturated carbocycles. The molecule has 2 rings (SSSR count). The molecule has 0 N–H and O–H groups in total. The number of rotatable bonds is 6. The fourth-order valence-corrected chi connectivity index (χ4v) is 2.54. The molecule has 1 aromatic heterocycles. The molecule has 0 spiro atoms. The van der Waals surface area contributed by atoms with Gasteiger partial charge in [-0.15, -0.1) is 10.2 Å². The molecule has 20 heavy (non-hydrogen) atoms. The second-order valence-corrected chi connectivity index (χ2v) is 6.40. The van der Waals surface area contributed by atoms with Crippen molar-refractivity contribution in [3.63, 3.8) is 0 Å². The van der Waals surface area contributed by atoms with Gasteiger partial charge in [0, 0.05) is 10.3 Å². The maximum atomic E-state index is 6.01. The molecule has 0 fully saturated rings. The molecular weight excluding hydrogens is 319 g/mol. The van der Waals surface area contributed by atoms with Gasteiger partial charge in [0.25, 0.3) is 11.1 Å². The lowest BCUT2D eigenvalue weighted by Crippen LogP contribution is -1.96. The van der Waals surface area contributed by atoms with Crippen molar-refractivity contribution in [3.05, 3.63) is 34.1 Å². The summed E-state index contributed by atoms with van der Waals surface area (Å²) in [6, 6.07) is 5.03. The third kappa shape index (κ3) is 4.30. The first-order valence-corrected chi connectivity index (χ1v) is 7.79. The third-order valence-corrected chi connectivity index (χ3v) is 4.20. The first kappa shape index (κ1) is 15.5. The summed E-state index contributed by atoms with van der Waals surface area (Å²) in [4.78, 5) is 0.